The summed E-state index contributed by atoms with van der Waals surface area (Å²) in [6, 6.07) is 16.0. The van der Waals surface area contributed by atoms with Gasteiger partial charge in [0.2, 0.25) is 0 Å². The first-order valence-electron chi connectivity index (χ1n) is 9.79. The Morgan fingerprint density at radius 1 is 1.10 bits per heavy atom. The average molecular weight is 415 g/mol. The molecule has 30 heavy (non-hydrogen) atoms. The van der Waals surface area contributed by atoms with Crippen LogP contribution in [0.2, 0.25) is 0 Å². The van der Waals surface area contributed by atoms with Crippen LogP contribution in [0.5, 0.6) is 0 Å². The normalized spacial score (nSPS) is 21.5. The van der Waals surface area contributed by atoms with Crippen molar-refractivity contribution in [2.75, 3.05) is 18.0 Å². The molecule has 4 nitrogen and oxygen atoms in total. The number of aliphatic hydroxyl groups is 1. The molecule has 0 radical (unpaired) electrons. The van der Waals surface area contributed by atoms with E-state index in [1.807, 2.05) is 48.5 Å². The molecule has 0 bridgehead atoms. The molecule has 2 aromatic rings. The monoisotopic (exact) mass is 415 g/mol. The quantitative estimate of drug-likeness (QED) is 0.734. The Bertz CT molecular complexity index is 941. The minimum absolute atomic E-state index is 0.0796. The van der Waals surface area contributed by atoms with Crippen LogP contribution < -0.4 is 4.90 Å². The topological polar surface area (TPSA) is 46.8 Å². The molecule has 2 aromatic carbocycles. The minimum Gasteiger partial charge on any atom is -0.662 e. The van der Waals surface area contributed by atoms with Crippen molar-refractivity contribution in [3.8, 4) is 11.1 Å². The van der Waals surface area contributed by atoms with Gasteiger partial charge < -0.3 is 20.1 Å². The molecule has 1 fully saturated rings. The molecular formula is C23H22F3N2O2-. The first-order valence-corrected chi connectivity index (χ1v) is 9.79. The van der Waals surface area contributed by atoms with E-state index in [4.69, 9.17) is 4.74 Å². The van der Waals surface area contributed by atoms with Crippen LogP contribution in [0, 0.1) is 0 Å². The number of halogens is 3. The van der Waals surface area contributed by atoms with Gasteiger partial charge in [0.05, 0.1) is 12.7 Å². The Balaban J connectivity index is 1.40. The zero-order valence-electron chi connectivity index (χ0n) is 16.2. The second kappa shape index (κ2) is 8.53. The zero-order chi connectivity index (χ0) is 21.1. The number of aliphatic hydroxyl groups excluding tert-OH is 1. The van der Waals surface area contributed by atoms with Gasteiger partial charge in [0, 0.05) is 36.1 Å². The van der Waals surface area contributed by atoms with Gasteiger partial charge in [0.15, 0.2) is 0 Å². The molecule has 0 amide bonds. The highest BCUT2D eigenvalue weighted by Crippen LogP contribution is 2.33. The van der Waals surface area contributed by atoms with Crippen LogP contribution in [-0.2, 0) is 11.3 Å². The fourth-order valence-corrected chi connectivity index (χ4v) is 3.77. The third-order valence-electron chi connectivity index (χ3n) is 5.30. The maximum Gasteiger partial charge on any atom is 0.414 e. The van der Waals surface area contributed by atoms with Crippen LogP contribution >= 0.6 is 0 Å². The van der Waals surface area contributed by atoms with Crippen molar-refractivity contribution in [1.82, 2.24) is 0 Å². The number of alkyl halides is 3. The number of allylic oxidation sites excluding steroid dienone is 2. The summed E-state index contributed by atoms with van der Waals surface area (Å²) in [5.41, 5.74) is 3.12. The van der Waals surface area contributed by atoms with Crippen LogP contribution in [0.15, 0.2) is 72.5 Å². The van der Waals surface area contributed by atoms with Gasteiger partial charge >= 0.3 is 6.18 Å². The first-order chi connectivity index (χ1) is 14.4. The van der Waals surface area contributed by atoms with Gasteiger partial charge in [-0.2, -0.15) is 19.4 Å². The Kier molecular flexibility index (Phi) is 5.83. The fraction of sp³-hybridized carbons (Fsp3) is 0.304. The van der Waals surface area contributed by atoms with Crippen molar-refractivity contribution in [2.24, 2.45) is 0 Å². The van der Waals surface area contributed by atoms with Gasteiger partial charge in [-0.25, -0.2) is 0 Å². The van der Waals surface area contributed by atoms with Gasteiger partial charge in [-0.1, -0.05) is 48.6 Å². The molecule has 2 aliphatic rings. The molecule has 0 saturated carbocycles. The van der Waals surface area contributed by atoms with E-state index in [0.29, 0.717) is 6.54 Å². The van der Waals surface area contributed by atoms with E-state index in [1.165, 1.54) is 6.08 Å². The molecule has 158 valence electrons. The van der Waals surface area contributed by atoms with E-state index in [-0.39, 0.29) is 12.7 Å². The maximum atomic E-state index is 12.7. The lowest BCUT2D eigenvalue weighted by Crippen LogP contribution is -2.27. The molecule has 0 aromatic heterocycles. The van der Waals surface area contributed by atoms with Crippen molar-refractivity contribution in [3.63, 3.8) is 0 Å². The lowest BCUT2D eigenvalue weighted by atomic mass is 10.0. The van der Waals surface area contributed by atoms with Gasteiger partial charge in [0.25, 0.3) is 0 Å². The third kappa shape index (κ3) is 4.52. The van der Waals surface area contributed by atoms with Crippen LogP contribution in [0.3, 0.4) is 0 Å². The summed E-state index contributed by atoms with van der Waals surface area (Å²) < 4.78 is 43.9. The Morgan fingerprint density at radius 3 is 2.57 bits per heavy atom. The number of hydrogen-bond acceptors (Lipinski definition) is 3. The maximum absolute atomic E-state index is 12.7. The van der Waals surface area contributed by atoms with Gasteiger partial charge in [-0.3, -0.25) is 0 Å². The van der Waals surface area contributed by atoms with Gasteiger partial charge in [0.1, 0.15) is 0 Å². The Hall–Kier alpha value is -2.77. The average Bonchev–Trinajstić information content (AvgIpc) is 3.22. The number of anilines is 1. The standard InChI is InChI=1S/C23H22F3N2O2/c24-23(25,26)19-7-9-22(27-13-19)30-20-10-11-28(14-20)21-8-6-17(12-18(21)15-29)16-4-2-1-3-5-16/h1-9,12-13,20,22,29H,10-11,14-15H2/q-1. The van der Waals surface area contributed by atoms with Crippen LogP contribution in [0.25, 0.3) is 16.4 Å². The summed E-state index contributed by atoms with van der Waals surface area (Å²) in [6.07, 6.45) is -1.36. The van der Waals surface area contributed by atoms with E-state index < -0.39 is 18.0 Å². The molecule has 2 heterocycles. The number of nitrogens with zero attached hydrogens (tertiary/aromatic N) is 2. The van der Waals surface area contributed by atoms with Crippen molar-refractivity contribution < 1.29 is 23.0 Å². The molecule has 1 N–H and O–H groups in total. The van der Waals surface area contributed by atoms with Crippen molar-refractivity contribution >= 4 is 5.69 Å². The molecule has 1 saturated heterocycles. The molecule has 0 spiro atoms. The highest BCUT2D eigenvalue weighted by atomic mass is 19.4. The molecule has 2 unspecified atom stereocenters. The summed E-state index contributed by atoms with van der Waals surface area (Å²) in [6.45, 7) is 1.25. The summed E-state index contributed by atoms with van der Waals surface area (Å²) in [4.78, 5) is 2.13. The molecule has 7 heteroatoms. The second-order valence-electron chi connectivity index (χ2n) is 7.34. The number of ether oxygens (including phenoxy) is 1. The largest absolute Gasteiger partial charge is 0.662 e. The SMILES string of the molecule is OCc1cc(-c2ccccc2)ccc1N1CCC(OC2C=CC(C(F)(F)F)=C[N-]2)C1. The highest BCUT2D eigenvalue weighted by molar-refractivity contribution is 5.69. The minimum atomic E-state index is -4.40. The lowest BCUT2D eigenvalue weighted by Gasteiger charge is -2.34. The second-order valence-corrected chi connectivity index (χ2v) is 7.34. The predicted octanol–water partition coefficient (Wildman–Crippen LogP) is 5.16. The molecule has 0 aliphatic carbocycles. The summed E-state index contributed by atoms with van der Waals surface area (Å²) in [5, 5.41) is 13.8. The summed E-state index contributed by atoms with van der Waals surface area (Å²) in [5.74, 6) is 0. The van der Waals surface area contributed by atoms with Crippen LogP contribution in [-0.4, -0.2) is 36.7 Å². The Labute approximate surface area is 173 Å². The summed E-state index contributed by atoms with van der Waals surface area (Å²) in [7, 11) is 0. The molecule has 2 atom stereocenters. The first kappa shape index (κ1) is 20.5. The van der Waals surface area contributed by atoms with E-state index in [9.17, 15) is 18.3 Å². The Morgan fingerprint density at radius 2 is 1.90 bits per heavy atom. The van der Waals surface area contributed by atoms with Crippen LogP contribution in [0.4, 0.5) is 18.9 Å². The van der Waals surface area contributed by atoms with E-state index in [0.717, 1.165) is 47.6 Å². The lowest BCUT2D eigenvalue weighted by molar-refractivity contribution is -0.0886. The third-order valence-corrected chi connectivity index (χ3v) is 5.30. The number of rotatable bonds is 5. The van der Waals surface area contributed by atoms with Gasteiger partial charge in [-0.05, 0) is 29.7 Å². The van der Waals surface area contributed by atoms with Crippen molar-refractivity contribution in [1.29, 1.82) is 0 Å². The summed E-state index contributed by atoms with van der Waals surface area (Å²) >= 11 is 0. The zero-order valence-corrected chi connectivity index (χ0v) is 16.2. The van der Waals surface area contributed by atoms with Crippen molar-refractivity contribution in [2.45, 2.75) is 31.5 Å². The van der Waals surface area contributed by atoms with E-state index in [2.05, 4.69) is 10.2 Å². The number of hydrogen-bond donors (Lipinski definition) is 1. The van der Waals surface area contributed by atoms with Crippen LogP contribution in [0.1, 0.15) is 12.0 Å². The van der Waals surface area contributed by atoms with E-state index >= 15 is 0 Å². The highest BCUT2D eigenvalue weighted by Gasteiger charge is 2.31. The molecular weight excluding hydrogens is 393 g/mol. The number of benzene rings is 2. The molecule has 4 rings (SSSR count). The smallest absolute Gasteiger partial charge is 0.414 e. The fourth-order valence-electron chi connectivity index (χ4n) is 3.77. The van der Waals surface area contributed by atoms with E-state index in [1.54, 1.807) is 0 Å². The van der Waals surface area contributed by atoms with Crippen molar-refractivity contribution in [3.05, 3.63) is 83.3 Å². The predicted molar refractivity (Wildman–Crippen MR) is 110 cm³/mol. The molecule has 2 aliphatic heterocycles. The van der Waals surface area contributed by atoms with Gasteiger partial charge in [-0.15, -0.1) is 0 Å².